The molecule has 0 bridgehead atoms. The standard InChI is InChI=1S/C16H25N5/c1-11-8-16-17-9-15(13(3)21(16)19-11)12(2)18-14-6-5-7-20(4)10-14/h8-9,12,14,18H,5-7,10H2,1-4H3. The zero-order chi connectivity index (χ0) is 15.0. The van der Waals surface area contributed by atoms with Crippen molar-refractivity contribution in [3.8, 4) is 0 Å². The van der Waals surface area contributed by atoms with Crippen LogP contribution < -0.4 is 5.32 Å². The highest BCUT2D eigenvalue weighted by atomic mass is 15.3. The Hall–Kier alpha value is -1.46. The fourth-order valence-corrected chi connectivity index (χ4v) is 3.35. The monoisotopic (exact) mass is 287 g/mol. The molecule has 114 valence electrons. The van der Waals surface area contributed by atoms with Gasteiger partial charge in [0.15, 0.2) is 5.65 Å². The van der Waals surface area contributed by atoms with E-state index in [9.17, 15) is 0 Å². The summed E-state index contributed by atoms with van der Waals surface area (Å²) in [6, 6.07) is 2.88. The van der Waals surface area contributed by atoms with E-state index in [0.29, 0.717) is 12.1 Å². The Bertz CT molecular complexity index is 633. The maximum absolute atomic E-state index is 4.54. The Morgan fingerprint density at radius 2 is 2.19 bits per heavy atom. The third kappa shape index (κ3) is 2.94. The molecule has 3 rings (SSSR count). The van der Waals surface area contributed by atoms with E-state index in [1.165, 1.54) is 30.6 Å². The van der Waals surface area contributed by atoms with Gasteiger partial charge < -0.3 is 10.2 Å². The molecule has 0 radical (unpaired) electrons. The number of likely N-dealkylation sites (N-methyl/N-ethyl adjacent to an activating group) is 1. The number of likely N-dealkylation sites (tertiary alicyclic amines) is 1. The van der Waals surface area contributed by atoms with Gasteiger partial charge in [0.25, 0.3) is 0 Å². The number of fused-ring (bicyclic) bond motifs is 1. The van der Waals surface area contributed by atoms with E-state index >= 15 is 0 Å². The van der Waals surface area contributed by atoms with Gasteiger partial charge in [-0.2, -0.15) is 5.10 Å². The Morgan fingerprint density at radius 3 is 2.95 bits per heavy atom. The van der Waals surface area contributed by atoms with Gasteiger partial charge in [-0.3, -0.25) is 0 Å². The van der Waals surface area contributed by atoms with E-state index in [1.807, 2.05) is 23.7 Å². The van der Waals surface area contributed by atoms with Crippen LogP contribution in [0.2, 0.25) is 0 Å². The number of hydrogen-bond acceptors (Lipinski definition) is 4. The number of aryl methyl sites for hydroxylation is 2. The highest BCUT2D eigenvalue weighted by molar-refractivity contribution is 5.42. The summed E-state index contributed by atoms with van der Waals surface area (Å²) < 4.78 is 1.95. The van der Waals surface area contributed by atoms with Crippen LogP contribution in [0.1, 0.15) is 42.8 Å². The van der Waals surface area contributed by atoms with Gasteiger partial charge in [0.2, 0.25) is 0 Å². The number of nitrogens with one attached hydrogen (secondary N) is 1. The second kappa shape index (κ2) is 5.73. The normalized spacial score (nSPS) is 21.8. The average Bonchev–Trinajstić information content (AvgIpc) is 2.80. The molecule has 3 heterocycles. The highest BCUT2D eigenvalue weighted by Gasteiger charge is 2.21. The quantitative estimate of drug-likeness (QED) is 0.939. The third-order valence-electron chi connectivity index (χ3n) is 4.46. The van der Waals surface area contributed by atoms with Gasteiger partial charge in [-0.15, -0.1) is 0 Å². The maximum Gasteiger partial charge on any atom is 0.155 e. The maximum atomic E-state index is 4.54. The zero-order valence-corrected chi connectivity index (χ0v) is 13.4. The number of piperidine rings is 1. The van der Waals surface area contributed by atoms with Crippen molar-refractivity contribution in [3.63, 3.8) is 0 Å². The molecule has 0 aromatic carbocycles. The summed E-state index contributed by atoms with van der Waals surface area (Å²) >= 11 is 0. The number of rotatable bonds is 3. The molecule has 2 atom stereocenters. The van der Waals surface area contributed by atoms with Crippen LogP contribution in [0.15, 0.2) is 12.3 Å². The molecule has 2 aromatic rings. The second-order valence-electron chi connectivity index (χ2n) is 6.34. The molecule has 0 saturated carbocycles. The summed E-state index contributed by atoms with van der Waals surface area (Å²) in [4.78, 5) is 6.94. The first kappa shape index (κ1) is 14.5. The lowest BCUT2D eigenvalue weighted by molar-refractivity contribution is 0.218. The summed E-state index contributed by atoms with van der Waals surface area (Å²) in [5.74, 6) is 0. The molecular weight excluding hydrogens is 262 g/mol. The SMILES string of the molecule is Cc1cc2ncc(C(C)NC3CCCN(C)C3)c(C)n2n1. The Morgan fingerprint density at radius 1 is 1.38 bits per heavy atom. The van der Waals surface area contributed by atoms with E-state index in [2.05, 4.69) is 41.2 Å². The highest BCUT2D eigenvalue weighted by Crippen LogP contribution is 2.20. The molecule has 1 N–H and O–H groups in total. The van der Waals surface area contributed by atoms with E-state index in [1.54, 1.807) is 0 Å². The van der Waals surface area contributed by atoms with E-state index in [0.717, 1.165) is 17.9 Å². The van der Waals surface area contributed by atoms with Crippen LogP contribution in [-0.2, 0) is 0 Å². The third-order valence-corrected chi connectivity index (χ3v) is 4.46. The van der Waals surface area contributed by atoms with E-state index in [4.69, 9.17) is 0 Å². The average molecular weight is 287 g/mol. The molecular formula is C16H25N5. The molecule has 2 aromatic heterocycles. The van der Waals surface area contributed by atoms with Gasteiger partial charge >= 0.3 is 0 Å². The van der Waals surface area contributed by atoms with Gasteiger partial charge in [0, 0.05) is 42.1 Å². The molecule has 5 heteroatoms. The summed E-state index contributed by atoms with van der Waals surface area (Å²) in [6.07, 6.45) is 4.52. The van der Waals surface area contributed by atoms with Crippen LogP contribution in [0.5, 0.6) is 0 Å². The molecule has 2 unspecified atom stereocenters. The molecule has 5 nitrogen and oxygen atoms in total. The molecule has 1 aliphatic rings. The van der Waals surface area contributed by atoms with Crippen LogP contribution >= 0.6 is 0 Å². The van der Waals surface area contributed by atoms with Crippen molar-refractivity contribution in [2.24, 2.45) is 0 Å². The lowest BCUT2D eigenvalue weighted by Gasteiger charge is -2.32. The number of hydrogen-bond donors (Lipinski definition) is 1. The largest absolute Gasteiger partial charge is 0.306 e. The molecule has 1 aliphatic heterocycles. The molecule has 0 aliphatic carbocycles. The summed E-state index contributed by atoms with van der Waals surface area (Å²) in [7, 11) is 2.20. The molecule has 21 heavy (non-hydrogen) atoms. The van der Waals surface area contributed by atoms with Gasteiger partial charge in [-0.25, -0.2) is 9.50 Å². The Kier molecular flexibility index (Phi) is 3.95. The van der Waals surface area contributed by atoms with Crippen molar-refractivity contribution in [2.75, 3.05) is 20.1 Å². The smallest absolute Gasteiger partial charge is 0.155 e. The van der Waals surface area contributed by atoms with Crippen molar-refractivity contribution >= 4 is 5.65 Å². The topological polar surface area (TPSA) is 45.5 Å². The minimum absolute atomic E-state index is 0.294. The van der Waals surface area contributed by atoms with Crippen molar-refractivity contribution < 1.29 is 0 Å². The minimum Gasteiger partial charge on any atom is -0.306 e. The van der Waals surface area contributed by atoms with E-state index < -0.39 is 0 Å². The number of nitrogens with zero attached hydrogens (tertiary/aromatic N) is 4. The predicted molar refractivity (Wildman–Crippen MR) is 84.5 cm³/mol. The van der Waals surface area contributed by atoms with Crippen LogP contribution in [0.4, 0.5) is 0 Å². The van der Waals surface area contributed by atoms with Gasteiger partial charge in [-0.05, 0) is 47.2 Å². The van der Waals surface area contributed by atoms with Crippen LogP contribution in [0, 0.1) is 13.8 Å². The summed E-state index contributed by atoms with van der Waals surface area (Å²) in [5.41, 5.74) is 4.35. The lowest BCUT2D eigenvalue weighted by atomic mass is 10.0. The predicted octanol–water partition coefficient (Wildman–Crippen LogP) is 2.09. The van der Waals surface area contributed by atoms with Crippen molar-refractivity contribution in [1.82, 2.24) is 24.8 Å². The van der Waals surface area contributed by atoms with Crippen molar-refractivity contribution in [1.29, 1.82) is 0 Å². The zero-order valence-electron chi connectivity index (χ0n) is 13.4. The van der Waals surface area contributed by atoms with Gasteiger partial charge in [0.05, 0.1) is 5.69 Å². The first-order valence-electron chi connectivity index (χ1n) is 7.81. The Balaban J connectivity index is 1.80. The molecule has 0 spiro atoms. The molecule has 1 fully saturated rings. The number of aromatic nitrogens is 3. The second-order valence-corrected chi connectivity index (χ2v) is 6.34. The van der Waals surface area contributed by atoms with Gasteiger partial charge in [-0.1, -0.05) is 0 Å². The lowest BCUT2D eigenvalue weighted by Crippen LogP contribution is -2.44. The van der Waals surface area contributed by atoms with Gasteiger partial charge in [0.1, 0.15) is 0 Å². The minimum atomic E-state index is 0.294. The van der Waals surface area contributed by atoms with E-state index in [-0.39, 0.29) is 0 Å². The van der Waals surface area contributed by atoms with Crippen LogP contribution in [-0.4, -0.2) is 45.7 Å². The fraction of sp³-hybridized carbons (Fsp3) is 0.625. The summed E-state index contributed by atoms with van der Waals surface area (Å²) in [5, 5.41) is 8.29. The fourth-order valence-electron chi connectivity index (χ4n) is 3.35. The Labute approximate surface area is 126 Å². The van der Waals surface area contributed by atoms with Crippen LogP contribution in [0.3, 0.4) is 0 Å². The summed E-state index contributed by atoms with van der Waals surface area (Å²) in [6.45, 7) is 8.70. The molecule has 1 saturated heterocycles. The first-order chi connectivity index (χ1) is 10.0. The van der Waals surface area contributed by atoms with Crippen LogP contribution in [0.25, 0.3) is 5.65 Å². The first-order valence-corrected chi connectivity index (χ1v) is 7.81. The van der Waals surface area contributed by atoms with Crippen molar-refractivity contribution in [2.45, 2.75) is 45.7 Å². The molecule has 0 amide bonds. The van der Waals surface area contributed by atoms with Crippen molar-refractivity contribution in [3.05, 3.63) is 29.2 Å².